The zero-order chi connectivity index (χ0) is 13.1. The highest BCUT2D eigenvalue weighted by atomic mass is 79.9. The summed E-state index contributed by atoms with van der Waals surface area (Å²) >= 11 is 3.45. The summed E-state index contributed by atoms with van der Waals surface area (Å²) in [5.41, 5.74) is 1.80. The van der Waals surface area contributed by atoms with Gasteiger partial charge in [0.25, 0.3) is 5.91 Å². The van der Waals surface area contributed by atoms with E-state index >= 15 is 0 Å². The Bertz CT molecular complexity index is 503. The molecule has 0 radical (unpaired) electrons. The van der Waals surface area contributed by atoms with E-state index in [4.69, 9.17) is 5.26 Å². The van der Waals surface area contributed by atoms with Crippen molar-refractivity contribution in [2.24, 2.45) is 0 Å². The van der Waals surface area contributed by atoms with Gasteiger partial charge < -0.3 is 4.90 Å². The number of carbonyl (C=O) groups is 1. The van der Waals surface area contributed by atoms with E-state index in [0.717, 1.165) is 22.9 Å². The van der Waals surface area contributed by atoms with Gasteiger partial charge in [0, 0.05) is 22.6 Å². The van der Waals surface area contributed by atoms with Crippen LogP contribution in [0.3, 0.4) is 0 Å². The van der Waals surface area contributed by atoms with Gasteiger partial charge in [-0.3, -0.25) is 4.79 Å². The number of halogens is 1. The normalized spacial score (nSPS) is 14.1. The molecule has 0 aromatic heterocycles. The Morgan fingerprint density at radius 1 is 1.56 bits per heavy atom. The minimum atomic E-state index is 0.0356. The average molecular weight is 307 g/mol. The lowest BCUT2D eigenvalue weighted by molar-refractivity contribution is 0.0747. The Balaban J connectivity index is 2.17. The summed E-state index contributed by atoms with van der Waals surface area (Å²) in [7, 11) is 0. The number of hydrogen-bond acceptors (Lipinski definition) is 2. The van der Waals surface area contributed by atoms with Crippen molar-refractivity contribution in [1.29, 1.82) is 5.26 Å². The van der Waals surface area contributed by atoms with Crippen LogP contribution >= 0.6 is 15.9 Å². The van der Waals surface area contributed by atoms with Crippen molar-refractivity contribution in [3.63, 3.8) is 0 Å². The number of rotatable bonds is 4. The molecule has 1 saturated carbocycles. The second-order valence-electron chi connectivity index (χ2n) is 4.60. The van der Waals surface area contributed by atoms with E-state index in [9.17, 15) is 4.79 Å². The lowest BCUT2D eigenvalue weighted by Gasteiger charge is -2.21. The molecular formula is C14H15BrN2O. The molecule has 0 heterocycles. The van der Waals surface area contributed by atoms with Crippen LogP contribution in [-0.4, -0.2) is 23.4 Å². The van der Waals surface area contributed by atoms with Gasteiger partial charge in [-0.05, 0) is 37.5 Å². The number of nitriles is 1. The maximum Gasteiger partial charge on any atom is 0.254 e. The summed E-state index contributed by atoms with van der Waals surface area (Å²) in [6, 6.07) is 8.09. The fraction of sp³-hybridized carbons (Fsp3) is 0.429. The van der Waals surface area contributed by atoms with Crippen LogP contribution < -0.4 is 0 Å². The standard InChI is InChI=1S/C14H15BrN2O/c1-10-3-4-11(9-13(10)15)14(18)17(8-2-7-16)12-5-6-12/h3-4,9,12H,2,5-6,8H2,1H3. The van der Waals surface area contributed by atoms with Gasteiger partial charge in [0.1, 0.15) is 0 Å². The first-order valence-electron chi connectivity index (χ1n) is 6.07. The third-order valence-corrected chi connectivity index (χ3v) is 3.99. The number of hydrogen-bond donors (Lipinski definition) is 0. The molecule has 0 saturated heterocycles. The Morgan fingerprint density at radius 2 is 2.28 bits per heavy atom. The molecule has 0 bridgehead atoms. The molecule has 1 amide bonds. The summed E-state index contributed by atoms with van der Waals surface area (Å²) in [4.78, 5) is 14.2. The Kier molecular flexibility index (Phi) is 4.03. The molecule has 1 aliphatic rings. The molecule has 0 unspecified atom stereocenters. The van der Waals surface area contributed by atoms with Gasteiger partial charge in [0.05, 0.1) is 12.5 Å². The highest BCUT2D eigenvalue weighted by molar-refractivity contribution is 9.10. The van der Waals surface area contributed by atoms with Crippen LogP contribution in [0.15, 0.2) is 22.7 Å². The largest absolute Gasteiger partial charge is 0.335 e. The Labute approximate surface area is 116 Å². The molecule has 94 valence electrons. The fourth-order valence-corrected chi connectivity index (χ4v) is 2.28. The maximum atomic E-state index is 12.4. The quantitative estimate of drug-likeness (QED) is 0.857. The van der Waals surface area contributed by atoms with Gasteiger partial charge in [0.2, 0.25) is 0 Å². The van der Waals surface area contributed by atoms with E-state index in [1.165, 1.54) is 0 Å². The predicted molar refractivity (Wildman–Crippen MR) is 73.2 cm³/mol. The third kappa shape index (κ3) is 2.91. The first-order valence-corrected chi connectivity index (χ1v) is 6.87. The second-order valence-corrected chi connectivity index (χ2v) is 5.46. The van der Waals surface area contributed by atoms with E-state index in [-0.39, 0.29) is 5.91 Å². The maximum absolute atomic E-state index is 12.4. The smallest absolute Gasteiger partial charge is 0.254 e. The van der Waals surface area contributed by atoms with Crippen LogP contribution in [-0.2, 0) is 0 Å². The van der Waals surface area contributed by atoms with Crippen molar-refractivity contribution >= 4 is 21.8 Å². The van der Waals surface area contributed by atoms with Crippen molar-refractivity contribution < 1.29 is 4.79 Å². The minimum Gasteiger partial charge on any atom is -0.335 e. The number of carbonyl (C=O) groups excluding carboxylic acids is 1. The van der Waals surface area contributed by atoms with Crippen LogP contribution in [0.1, 0.15) is 35.2 Å². The summed E-state index contributed by atoms with van der Waals surface area (Å²) in [6.07, 6.45) is 2.52. The van der Waals surface area contributed by atoms with E-state index in [1.54, 1.807) is 0 Å². The second kappa shape index (κ2) is 5.53. The van der Waals surface area contributed by atoms with Crippen LogP contribution in [0.25, 0.3) is 0 Å². The molecule has 0 atom stereocenters. The summed E-state index contributed by atoms with van der Waals surface area (Å²) in [6.45, 7) is 2.53. The topological polar surface area (TPSA) is 44.1 Å². The van der Waals surface area contributed by atoms with Crippen LogP contribution in [0.4, 0.5) is 0 Å². The average Bonchev–Trinajstić information content (AvgIpc) is 3.17. The van der Waals surface area contributed by atoms with Gasteiger partial charge in [-0.2, -0.15) is 5.26 Å². The Hall–Kier alpha value is -1.34. The van der Waals surface area contributed by atoms with Crippen molar-refractivity contribution in [3.8, 4) is 6.07 Å². The molecule has 0 N–H and O–H groups in total. The Morgan fingerprint density at radius 3 is 2.83 bits per heavy atom. The fourth-order valence-electron chi connectivity index (χ4n) is 1.90. The first kappa shape index (κ1) is 13.1. The van der Waals surface area contributed by atoms with Gasteiger partial charge in [-0.15, -0.1) is 0 Å². The molecule has 1 fully saturated rings. The van der Waals surface area contributed by atoms with Gasteiger partial charge >= 0.3 is 0 Å². The van der Waals surface area contributed by atoms with Crippen molar-refractivity contribution in [2.75, 3.05) is 6.54 Å². The highest BCUT2D eigenvalue weighted by Crippen LogP contribution is 2.29. The molecule has 0 spiro atoms. The molecule has 1 aromatic carbocycles. The number of aryl methyl sites for hydroxylation is 1. The van der Waals surface area contributed by atoms with Crippen LogP contribution in [0.2, 0.25) is 0 Å². The van der Waals surface area contributed by atoms with Crippen LogP contribution in [0.5, 0.6) is 0 Å². The van der Waals surface area contributed by atoms with E-state index in [1.807, 2.05) is 30.0 Å². The molecular weight excluding hydrogens is 292 g/mol. The molecule has 0 aliphatic heterocycles. The first-order chi connectivity index (χ1) is 8.63. The lowest BCUT2D eigenvalue weighted by Crippen LogP contribution is -2.33. The number of benzene rings is 1. The monoisotopic (exact) mass is 306 g/mol. The zero-order valence-electron chi connectivity index (χ0n) is 10.3. The van der Waals surface area contributed by atoms with Gasteiger partial charge in [-0.25, -0.2) is 0 Å². The van der Waals surface area contributed by atoms with E-state index in [0.29, 0.717) is 24.6 Å². The van der Waals surface area contributed by atoms with Crippen molar-refractivity contribution in [2.45, 2.75) is 32.2 Å². The van der Waals surface area contributed by atoms with Crippen molar-refractivity contribution in [3.05, 3.63) is 33.8 Å². The minimum absolute atomic E-state index is 0.0356. The van der Waals surface area contributed by atoms with Gasteiger partial charge in [0.15, 0.2) is 0 Å². The van der Waals surface area contributed by atoms with E-state index < -0.39 is 0 Å². The molecule has 3 nitrogen and oxygen atoms in total. The predicted octanol–water partition coefficient (Wildman–Crippen LogP) is 3.28. The van der Waals surface area contributed by atoms with Crippen molar-refractivity contribution in [1.82, 2.24) is 4.90 Å². The zero-order valence-corrected chi connectivity index (χ0v) is 11.9. The summed E-state index contributed by atoms with van der Waals surface area (Å²) in [5.74, 6) is 0.0356. The van der Waals surface area contributed by atoms with E-state index in [2.05, 4.69) is 22.0 Å². The SMILES string of the molecule is Cc1ccc(C(=O)N(CCC#N)C2CC2)cc1Br. The molecule has 1 aromatic rings. The molecule has 1 aliphatic carbocycles. The molecule has 18 heavy (non-hydrogen) atoms. The summed E-state index contributed by atoms with van der Waals surface area (Å²) < 4.78 is 0.949. The van der Waals surface area contributed by atoms with Gasteiger partial charge in [-0.1, -0.05) is 22.0 Å². The molecule has 2 rings (SSSR count). The lowest BCUT2D eigenvalue weighted by atomic mass is 10.1. The van der Waals surface area contributed by atoms with Crippen LogP contribution in [0, 0.1) is 18.3 Å². The summed E-state index contributed by atoms with van der Waals surface area (Å²) in [5, 5.41) is 8.65. The number of amides is 1. The number of nitrogens with zero attached hydrogens (tertiary/aromatic N) is 2. The highest BCUT2D eigenvalue weighted by Gasteiger charge is 2.32. The third-order valence-electron chi connectivity index (χ3n) is 3.13. The molecule has 4 heteroatoms.